The van der Waals surface area contributed by atoms with Crippen molar-refractivity contribution in [3.05, 3.63) is 29.8 Å². The van der Waals surface area contributed by atoms with Gasteiger partial charge in [-0.05, 0) is 25.0 Å². The zero-order valence-electron chi connectivity index (χ0n) is 8.14. The molecule has 0 unspecified atom stereocenters. The average Bonchev–Trinajstić information content (AvgIpc) is 3.00. The lowest BCUT2D eigenvalue weighted by molar-refractivity contribution is 0.920. The number of hydrogen-bond acceptors (Lipinski definition) is 3. The van der Waals surface area contributed by atoms with Crippen LogP contribution in [0.3, 0.4) is 0 Å². The predicted molar refractivity (Wildman–Crippen MR) is 56.3 cm³/mol. The summed E-state index contributed by atoms with van der Waals surface area (Å²) in [5, 5.41) is 8.96. The van der Waals surface area contributed by atoms with E-state index in [9.17, 15) is 0 Å². The SMILES string of the molecule is N#Cc1nc(C2CC2)n2cc(N)ccc12. The van der Waals surface area contributed by atoms with E-state index in [-0.39, 0.29) is 0 Å². The van der Waals surface area contributed by atoms with Crippen molar-refractivity contribution in [2.24, 2.45) is 0 Å². The summed E-state index contributed by atoms with van der Waals surface area (Å²) in [4.78, 5) is 4.36. The summed E-state index contributed by atoms with van der Waals surface area (Å²) in [6.07, 6.45) is 4.17. The van der Waals surface area contributed by atoms with Crippen LogP contribution in [0, 0.1) is 11.3 Å². The van der Waals surface area contributed by atoms with Crippen LogP contribution < -0.4 is 5.73 Å². The first-order chi connectivity index (χ1) is 7.29. The van der Waals surface area contributed by atoms with Crippen LogP contribution >= 0.6 is 0 Å². The van der Waals surface area contributed by atoms with E-state index in [4.69, 9.17) is 11.0 Å². The molecule has 2 N–H and O–H groups in total. The largest absolute Gasteiger partial charge is 0.398 e. The monoisotopic (exact) mass is 198 g/mol. The molecule has 0 spiro atoms. The fourth-order valence-electron chi connectivity index (χ4n) is 1.84. The molecule has 1 saturated carbocycles. The zero-order valence-corrected chi connectivity index (χ0v) is 8.14. The molecular weight excluding hydrogens is 188 g/mol. The van der Waals surface area contributed by atoms with Crippen LogP contribution in [0.4, 0.5) is 5.69 Å². The molecule has 2 aromatic rings. The van der Waals surface area contributed by atoms with Crippen LogP contribution in [0.2, 0.25) is 0 Å². The van der Waals surface area contributed by atoms with Gasteiger partial charge in [0.1, 0.15) is 11.9 Å². The Morgan fingerprint density at radius 1 is 1.47 bits per heavy atom. The van der Waals surface area contributed by atoms with Gasteiger partial charge in [0.2, 0.25) is 0 Å². The Bertz CT molecular complexity index is 572. The molecule has 0 bridgehead atoms. The highest BCUT2D eigenvalue weighted by atomic mass is 15.0. The minimum Gasteiger partial charge on any atom is -0.398 e. The number of fused-ring (bicyclic) bond motifs is 1. The fraction of sp³-hybridized carbons (Fsp3) is 0.273. The minimum atomic E-state index is 0.497. The lowest BCUT2D eigenvalue weighted by Crippen LogP contribution is -1.94. The molecule has 1 aliphatic carbocycles. The summed E-state index contributed by atoms with van der Waals surface area (Å²) < 4.78 is 1.95. The van der Waals surface area contributed by atoms with Crippen LogP contribution in [-0.2, 0) is 0 Å². The van der Waals surface area contributed by atoms with Crippen LogP contribution in [-0.4, -0.2) is 9.38 Å². The van der Waals surface area contributed by atoms with E-state index >= 15 is 0 Å². The predicted octanol–water partition coefficient (Wildman–Crippen LogP) is 1.67. The number of imidazole rings is 1. The first-order valence-corrected chi connectivity index (χ1v) is 4.97. The van der Waals surface area contributed by atoms with Crippen molar-refractivity contribution in [1.29, 1.82) is 5.26 Å². The summed E-state index contributed by atoms with van der Waals surface area (Å²) in [6, 6.07) is 5.77. The maximum absolute atomic E-state index is 8.96. The molecule has 0 aliphatic heterocycles. The molecule has 0 amide bonds. The van der Waals surface area contributed by atoms with Gasteiger partial charge in [0.05, 0.1) is 5.52 Å². The Labute approximate surface area is 87.0 Å². The lowest BCUT2D eigenvalue weighted by Gasteiger charge is -1.99. The molecule has 4 heteroatoms. The molecule has 1 fully saturated rings. The van der Waals surface area contributed by atoms with Crippen LogP contribution in [0.15, 0.2) is 18.3 Å². The van der Waals surface area contributed by atoms with Crippen molar-refractivity contribution in [2.45, 2.75) is 18.8 Å². The summed E-state index contributed by atoms with van der Waals surface area (Å²) in [5.74, 6) is 1.50. The van der Waals surface area contributed by atoms with Gasteiger partial charge in [0.25, 0.3) is 0 Å². The maximum atomic E-state index is 8.96. The number of nitrogens with zero attached hydrogens (tertiary/aromatic N) is 3. The number of hydrogen-bond donors (Lipinski definition) is 1. The van der Waals surface area contributed by atoms with Gasteiger partial charge >= 0.3 is 0 Å². The number of aromatic nitrogens is 2. The number of nitriles is 1. The lowest BCUT2D eigenvalue weighted by atomic mass is 10.3. The van der Waals surface area contributed by atoms with Crippen molar-refractivity contribution in [1.82, 2.24) is 9.38 Å². The van der Waals surface area contributed by atoms with E-state index < -0.39 is 0 Å². The second-order valence-corrected chi connectivity index (χ2v) is 3.92. The number of rotatable bonds is 1. The van der Waals surface area contributed by atoms with Crippen molar-refractivity contribution < 1.29 is 0 Å². The molecule has 2 heterocycles. The summed E-state index contributed by atoms with van der Waals surface area (Å²) >= 11 is 0. The smallest absolute Gasteiger partial charge is 0.166 e. The van der Waals surface area contributed by atoms with E-state index in [2.05, 4.69) is 11.1 Å². The molecular formula is C11H10N4. The van der Waals surface area contributed by atoms with Crippen molar-refractivity contribution in [2.75, 3.05) is 5.73 Å². The third-order valence-electron chi connectivity index (χ3n) is 2.74. The van der Waals surface area contributed by atoms with Gasteiger partial charge in [-0.15, -0.1) is 0 Å². The second kappa shape index (κ2) is 2.74. The highest BCUT2D eigenvalue weighted by molar-refractivity contribution is 5.62. The first-order valence-electron chi connectivity index (χ1n) is 4.97. The van der Waals surface area contributed by atoms with Gasteiger partial charge in [-0.3, -0.25) is 0 Å². The molecule has 4 nitrogen and oxygen atoms in total. The maximum Gasteiger partial charge on any atom is 0.166 e. The first kappa shape index (κ1) is 8.30. The third kappa shape index (κ3) is 1.17. The summed E-state index contributed by atoms with van der Waals surface area (Å²) in [7, 11) is 0. The van der Waals surface area contributed by atoms with E-state index in [1.165, 1.54) is 12.8 Å². The Balaban J connectivity index is 2.35. The fourth-order valence-corrected chi connectivity index (χ4v) is 1.84. The van der Waals surface area contributed by atoms with Crippen molar-refractivity contribution in [3.63, 3.8) is 0 Å². The van der Waals surface area contributed by atoms with Crippen LogP contribution in [0.5, 0.6) is 0 Å². The number of nitrogens with two attached hydrogens (primary N) is 1. The normalized spacial score (nSPS) is 15.4. The van der Waals surface area contributed by atoms with Gasteiger partial charge in [0.15, 0.2) is 5.69 Å². The number of nitrogen functional groups attached to an aromatic ring is 1. The van der Waals surface area contributed by atoms with Gasteiger partial charge < -0.3 is 10.1 Å². The molecule has 2 aromatic heterocycles. The van der Waals surface area contributed by atoms with Gasteiger partial charge in [-0.2, -0.15) is 5.26 Å². The van der Waals surface area contributed by atoms with E-state index in [1.807, 2.05) is 16.7 Å². The van der Waals surface area contributed by atoms with Crippen molar-refractivity contribution in [3.8, 4) is 6.07 Å². The number of pyridine rings is 1. The van der Waals surface area contributed by atoms with Gasteiger partial charge in [-0.25, -0.2) is 4.98 Å². The molecule has 1 aliphatic rings. The van der Waals surface area contributed by atoms with E-state index in [0.29, 0.717) is 17.3 Å². The molecule has 74 valence electrons. The zero-order chi connectivity index (χ0) is 10.4. The molecule has 0 atom stereocenters. The Hall–Kier alpha value is -2.02. The third-order valence-corrected chi connectivity index (χ3v) is 2.74. The van der Waals surface area contributed by atoms with Gasteiger partial charge in [-0.1, -0.05) is 0 Å². The van der Waals surface area contributed by atoms with Crippen LogP contribution in [0.1, 0.15) is 30.3 Å². The highest BCUT2D eigenvalue weighted by Gasteiger charge is 2.29. The topological polar surface area (TPSA) is 67.1 Å². The summed E-state index contributed by atoms with van der Waals surface area (Å²) in [6.45, 7) is 0. The quantitative estimate of drug-likeness (QED) is 0.757. The molecule has 0 radical (unpaired) electrons. The standard InChI is InChI=1S/C11H10N4/c12-5-9-10-4-3-8(13)6-15(10)11(14-9)7-1-2-7/h3-4,6-7H,1-2,13H2. The Kier molecular flexibility index (Phi) is 1.51. The molecule has 15 heavy (non-hydrogen) atoms. The highest BCUT2D eigenvalue weighted by Crippen LogP contribution is 2.40. The second-order valence-electron chi connectivity index (χ2n) is 3.92. The Morgan fingerprint density at radius 3 is 2.93 bits per heavy atom. The molecule has 0 aromatic carbocycles. The van der Waals surface area contributed by atoms with E-state index in [1.54, 1.807) is 6.07 Å². The van der Waals surface area contributed by atoms with Crippen molar-refractivity contribution >= 4 is 11.2 Å². The van der Waals surface area contributed by atoms with Gasteiger partial charge in [0, 0.05) is 17.8 Å². The summed E-state index contributed by atoms with van der Waals surface area (Å²) in [5.41, 5.74) is 7.79. The average molecular weight is 198 g/mol. The van der Waals surface area contributed by atoms with E-state index in [0.717, 1.165) is 11.3 Å². The molecule has 3 rings (SSSR count). The minimum absolute atomic E-state index is 0.497. The molecule has 0 saturated heterocycles. The van der Waals surface area contributed by atoms with Crippen LogP contribution in [0.25, 0.3) is 5.52 Å². The number of anilines is 1. The Morgan fingerprint density at radius 2 is 2.27 bits per heavy atom.